The van der Waals surface area contributed by atoms with Crippen LogP contribution < -0.4 is 0 Å². The fourth-order valence-electron chi connectivity index (χ4n) is 1.83. The highest BCUT2D eigenvalue weighted by atomic mass is 32.1. The van der Waals surface area contributed by atoms with Crippen LogP contribution >= 0.6 is 13.5 Å². The third-order valence-electron chi connectivity index (χ3n) is 2.64. The summed E-state index contributed by atoms with van der Waals surface area (Å²) < 4.78 is 4.56. The zero-order valence-electron chi connectivity index (χ0n) is 10.8. The van der Waals surface area contributed by atoms with Crippen LogP contribution in [0.5, 0.6) is 0 Å². The summed E-state index contributed by atoms with van der Waals surface area (Å²) in [5.41, 5.74) is 0. The standard InChI is InChI=1S/C10H17NO3.CO2.H2S/c1-4-6-8(5-2)11-7(3)9(12)14-10(11)13;2-1-3;/h7-8H,4-6H2,1-3H3;;1H2/t7-,8+;;/m0../s1. The van der Waals surface area contributed by atoms with E-state index in [-0.39, 0.29) is 25.7 Å². The van der Waals surface area contributed by atoms with Crippen molar-refractivity contribution in [3.8, 4) is 0 Å². The maximum Gasteiger partial charge on any atom is 0.418 e. The van der Waals surface area contributed by atoms with Crippen LogP contribution in [0.3, 0.4) is 0 Å². The molecule has 0 bridgehead atoms. The lowest BCUT2D eigenvalue weighted by atomic mass is 10.1. The van der Waals surface area contributed by atoms with E-state index in [1.54, 1.807) is 11.8 Å². The molecule has 1 fully saturated rings. The van der Waals surface area contributed by atoms with Crippen LogP contribution in [-0.4, -0.2) is 35.2 Å². The number of nitrogens with zero attached hydrogens (tertiary/aromatic N) is 1. The number of cyclic esters (lactones) is 2. The Labute approximate surface area is 113 Å². The third kappa shape index (κ3) is 4.89. The van der Waals surface area contributed by atoms with Crippen molar-refractivity contribution < 1.29 is 23.9 Å². The van der Waals surface area contributed by atoms with Crippen molar-refractivity contribution in [1.82, 2.24) is 4.90 Å². The monoisotopic (exact) mass is 277 g/mol. The summed E-state index contributed by atoms with van der Waals surface area (Å²) >= 11 is 0. The normalized spacial score (nSPS) is 19.1. The van der Waals surface area contributed by atoms with E-state index in [9.17, 15) is 9.59 Å². The van der Waals surface area contributed by atoms with Crippen LogP contribution in [0.4, 0.5) is 4.79 Å². The van der Waals surface area contributed by atoms with Gasteiger partial charge in [0.25, 0.3) is 0 Å². The molecule has 0 saturated carbocycles. The highest BCUT2D eigenvalue weighted by Crippen LogP contribution is 2.21. The molecule has 1 aliphatic rings. The van der Waals surface area contributed by atoms with E-state index < -0.39 is 18.1 Å². The second-order valence-corrected chi connectivity index (χ2v) is 3.70. The molecule has 104 valence electrons. The van der Waals surface area contributed by atoms with Gasteiger partial charge in [0.1, 0.15) is 6.04 Å². The van der Waals surface area contributed by atoms with Crippen molar-refractivity contribution in [3.63, 3.8) is 0 Å². The van der Waals surface area contributed by atoms with E-state index in [0.717, 1.165) is 19.3 Å². The molecule has 1 rings (SSSR count). The molecule has 7 heteroatoms. The third-order valence-corrected chi connectivity index (χ3v) is 2.64. The summed E-state index contributed by atoms with van der Waals surface area (Å²) in [6, 6.07) is -0.284. The molecule has 0 radical (unpaired) electrons. The van der Waals surface area contributed by atoms with E-state index in [0.29, 0.717) is 0 Å². The van der Waals surface area contributed by atoms with Crippen molar-refractivity contribution in [2.24, 2.45) is 0 Å². The molecule has 1 saturated heterocycles. The summed E-state index contributed by atoms with van der Waals surface area (Å²) in [5, 5.41) is 0. The topological polar surface area (TPSA) is 80.8 Å². The number of carbonyl (C=O) groups is 2. The van der Waals surface area contributed by atoms with Crippen molar-refractivity contribution in [2.45, 2.75) is 52.1 Å². The Balaban J connectivity index is 0. The van der Waals surface area contributed by atoms with Gasteiger partial charge in [-0.3, -0.25) is 4.90 Å². The summed E-state index contributed by atoms with van der Waals surface area (Å²) in [6.07, 6.45) is 2.55. The van der Waals surface area contributed by atoms with Gasteiger partial charge >= 0.3 is 18.2 Å². The molecule has 0 aliphatic carbocycles. The van der Waals surface area contributed by atoms with Crippen LogP contribution in [0, 0.1) is 0 Å². The van der Waals surface area contributed by atoms with Gasteiger partial charge in [-0.25, -0.2) is 9.59 Å². The summed E-state index contributed by atoms with van der Waals surface area (Å²) in [7, 11) is 0. The van der Waals surface area contributed by atoms with E-state index in [1.807, 2.05) is 6.92 Å². The Hall–Kier alpha value is -1.33. The van der Waals surface area contributed by atoms with Gasteiger partial charge in [0, 0.05) is 6.04 Å². The largest absolute Gasteiger partial charge is 0.418 e. The smallest absolute Gasteiger partial charge is 0.375 e. The quantitative estimate of drug-likeness (QED) is 0.574. The lowest BCUT2D eigenvalue weighted by Gasteiger charge is -2.26. The van der Waals surface area contributed by atoms with E-state index in [2.05, 4.69) is 11.7 Å². The Morgan fingerprint density at radius 2 is 1.83 bits per heavy atom. The number of amides is 1. The second kappa shape index (κ2) is 9.67. The predicted molar refractivity (Wildman–Crippen MR) is 67.2 cm³/mol. The second-order valence-electron chi connectivity index (χ2n) is 3.70. The Morgan fingerprint density at radius 3 is 2.11 bits per heavy atom. The van der Waals surface area contributed by atoms with Crippen molar-refractivity contribution >= 4 is 31.7 Å². The van der Waals surface area contributed by atoms with Gasteiger partial charge in [0.15, 0.2) is 0 Å². The first-order valence-corrected chi connectivity index (χ1v) is 5.56. The van der Waals surface area contributed by atoms with Gasteiger partial charge in [-0.2, -0.15) is 23.1 Å². The molecule has 0 aromatic carbocycles. The minimum absolute atomic E-state index is 0. The molecule has 0 unspecified atom stereocenters. The lowest BCUT2D eigenvalue weighted by Crippen LogP contribution is -2.41. The van der Waals surface area contributed by atoms with Gasteiger partial charge in [0.05, 0.1) is 0 Å². The van der Waals surface area contributed by atoms with Crippen molar-refractivity contribution in [3.05, 3.63) is 0 Å². The number of rotatable bonds is 4. The van der Waals surface area contributed by atoms with Crippen LogP contribution in [0.15, 0.2) is 0 Å². The number of esters is 1. The lowest BCUT2D eigenvalue weighted by molar-refractivity contribution is -0.191. The van der Waals surface area contributed by atoms with E-state index in [4.69, 9.17) is 9.59 Å². The number of carbonyl (C=O) groups excluding carboxylic acids is 4. The molecule has 6 nitrogen and oxygen atoms in total. The molecule has 1 heterocycles. The number of ether oxygens (including phenoxy) is 1. The van der Waals surface area contributed by atoms with Crippen LogP contribution in [0.1, 0.15) is 40.0 Å². The average Bonchev–Trinajstić information content (AvgIpc) is 2.52. The Bertz CT molecular complexity index is 315. The summed E-state index contributed by atoms with van der Waals surface area (Å²) in [5.74, 6) is -0.426. The van der Waals surface area contributed by atoms with Gasteiger partial charge in [-0.05, 0) is 19.8 Å². The SMILES string of the molecule is CCC[C@@H](CC)N1C(=O)OC(=O)[C@@H]1C.O=C=O.S. The highest BCUT2D eigenvalue weighted by Gasteiger charge is 2.40. The maximum atomic E-state index is 11.4. The first-order chi connectivity index (χ1) is 8.03. The summed E-state index contributed by atoms with van der Waals surface area (Å²) in [4.78, 5) is 40.3. The molecule has 1 aliphatic heterocycles. The molecule has 0 aromatic heterocycles. The van der Waals surface area contributed by atoms with Gasteiger partial charge in [-0.15, -0.1) is 0 Å². The number of hydrogen-bond acceptors (Lipinski definition) is 5. The first kappa shape index (κ1) is 19.0. The first-order valence-electron chi connectivity index (χ1n) is 5.56. The minimum atomic E-state index is -0.484. The van der Waals surface area contributed by atoms with E-state index >= 15 is 0 Å². The molecule has 0 spiro atoms. The predicted octanol–water partition coefficient (Wildman–Crippen LogP) is 1.46. The van der Waals surface area contributed by atoms with Crippen LogP contribution in [0.25, 0.3) is 0 Å². The van der Waals surface area contributed by atoms with Crippen LogP contribution in [-0.2, 0) is 19.1 Å². The molecule has 1 amide bonds. The Kier molecular flexibility index (Phi) is 10.2. The highest BCUT2D eigenvalue weighted by molar-refractivity contribution is 7.59. The van der Waals surface area contributed by atoms with Gasteiger partial charge in [0.2, 0.25) is 0 Å². The zero-order chi connectivity index (χ0) is 13.4. The molecule has 0 N–H and O–H groups in total. The fourth-order valence-corrected chi connectivity index (χ4v) is 1.83. The average molecular weight is 277 g/mol. The van der Waals surface area contributed by atoms with Crippen LogP contribution in [0.2, 0.25) is 0 Å². The van der Waals surface area contributed by atoms with Gasteiger partial charge in [-0.1, -0.05) is 20.3 Å². The summed E-state index contributed by atoms with van der Waals surface area (Å²) in [6.45, 7) is 5.80. The molecule has 0 aromatic rings. The molecular formula is C11H19NO5S. The van der Waals surface area contributed by atoms with Crippen molar-refractivity contribution in [2.75, 3.05) is 0 Å². The molecule has 18 heavy (non-hydrogen) atoms. The number of hydrogen-bond donors (Lipinski definition) is 0. The zero-order valence-corrected chi connectivity index (χ0v) is 11.8. The maximum absolute atomic E-state index is 11.4. The minimum Gasteiger partial charge on any atom is -0.375 e. The van der Waals surface area contributed by atoms with Crippen molar-refractivity contribution in [1.29, 1.82) is 0 Å². The molecular weight excluding hydrogens is 258 g/mol. The fraction of sp³-hybridized carbons (Fsp3) is 0.727. The Morgan fingerprint density at radius 1 is 1.33 bits per heavy atom. The van der Waals surface area contributed by atoms with Gasteiger partial charge < -0.3 is 4.74 Å². The van der Waals surface area contributed by atoms with E-state index in [1.165, 1.54) is 0 Å². The molecule has 2 atom stereocenters.